The quantitative estimate of drug-likeness (QED) is 0.883. The summed E-state index contributed by atoms with van der Waals surface area (Å²) in [6, 6.07) is 4.51. The van der Waals surface area contributed by atoms with Crippen molar-refractivity contribution in [1.82, 2.24) is 4.31 Å². The second kappa shape index (κ2) is 6.64. The molecule has 2 rings (SSSR count). The Hall–Kier alpha value is -1.31. The van der Waals surface area contributed by atoms with Crippen molar-refractivity contribution in [3.63, 3.8) is 0 Å². The van der Waals surface area contributed by atoms with Crippen LogP contribution >= 0.6 is 0 Å². The van der Waals surface area contributed by atoms with Gasteiger partial charge in [0.2, 0.25) is 10.0 Å². The Kier molecular flexibility index (Phi) is 5.08. The maximum atomic E-state index is 12.8. The Morgan fingerprint density at radius 2 is 1.95 bits per heavy atom. The Morgan fingerprint density at radius 1 is 1.24 bits per heavy atom. The van der Waals surface area contributed by atoms with Crippen LogP contribution in [0.25, 0.3) is 0 Å². The highest BCUT2D eigenvalue weighted by Gasteiger charge is 2.33. The molecule has 1 heterocycles. The zero-order valence-electron chi connectivity index (χ0n) is 12.4. The molecule has 1 saturated heterocycles. The minimum Gasteiger partial charge on any atom is -0.493 e. The summed E-state index contributed by atoms with van der Waals surface area (Å²) in [4.78, 5) is 0.209. The molecule has 1 fully saturated rings. The van der Waals surface area contributed by atoms with Gasteiger partial charge in [-0.25, -0.2) is 8.42 Å². The van der Waals surface area contributed by atoms with Gasteiger partial charge in [-0.15, -0.1) is 0 Å². The smallest absolute Gasteiger partial charge is 0.243 e. The number of ether oxygens (including phenoxy) is 2. The second-order valence-corrected chi connectivity index (χ2v) is 6.91. The van der Waals surface area contributed by atoms with Crippen LogP contribution in [-0.2, 0) is 10.0 Å². The predicted octanol–water partition coefficient (Wildman–Crippen LogP) is 1.21. The maximum Gasteiger partial charge on any atom is 0.243 e. The van der Waals surface area contributed by atoms with Gasteiger partial charge in [0.1, 0.15) is 0 Å². The number of sulfonamides is 1. The third-order valence-corrected chi connectivity index (χ3v) is 5.75. The minimum atomic E-state index is -3.56. The first-order valence-electron chi connectivity index (χ1n) is 6.98. The molecule has 1 aromatic rings. The average molecular weight is 314 g/mol. The van der Waals surface area contributed by atoms with Gasteiger partial charge in [0, 0.05) is 25.2 Å². The number of rotatable bonds is 5. The molecule has 6 nitrogen and oxygen atoms in total. The molecule has 2 N–H and O–H groups in total. The molecule has 0 radical (unpaired) electrons. The van der Waals surface area contributed by atoms with Crippen molar-refractivity contribution in [2.75, 3.05) is 27.3 Å². The largest absolute Gasteiger partial charge is 0.493 e. The number of hydrogen-bond donors (Lipinski definition) is 1. The molecule has 1 atom stereocenters. The molecule has 0 unspecified atom stereocenters. The van der Waals surface area contributed by atoms with E-state index in [2.05, 4.69) is 0 Å². The Morgan fingerprint density at radius 3 is 2.57 bits per heavy atom. The normalized spacial score (nSPS) is 20.2. The fourth-order valence-corrected chi connectivity index (χ4v) is 4.36. The zero-order chi connectivity index (χ0) is 15.5. The zero-order valence-corrected chi connectivity index (χ0v) is 13.2. The molecule has 1 aliphatic heterocycles. The molecule has 0 aliphatic carbocycles. The number of nitrogens with two attached hydrogens (primary N) is 1. The van der Waals surface area contributed by atoms with E-state index >= 15 is 0 Å². The number of methoxy groups -OCH3 is 2. The van der Waals surface area contributed by atoms with E-state index in [1.54, 1.807) is 12.1 Å². The highest BCUT2D eigenvalue weighted by atomic mass is 32.2. The molecule has 0 spiro atoms. The van der Waals surface area contributed by atoms with Crippen LogP contribution in [0.2, 0.25) is 0 Å². The first kappa shape index (κ1) is 16.1. The topological polar surface area (TPSA) is 81.9 Å². The van der Waals surface area contributed by atoms with Crippen LogP contribution in [0.1, 0.15) is 19.3 Å². The van der Waals surface area contributed by atoms with Crippen molar-refractivity contribution >= 4 is 10.0 Å². The first-order chi connectivity index (χ1) is 10.0. The van der Waals surface area contributed by atoms with E-state index in [-0.39, 0.29) is 10.9 Å². The molecule has 1 aliphatic rings. The van der Waals surface area contributed by atoms with Crippen LogP contribution in [0.15, 0.2) is 23.1 Å². The van der Waals surface area contributed by atoms with E-state index < -0.39 is 10.0 Å². The van der Waals surface area contributed by atoms with Crippen molar-refractivity contribution < 1.29 is 17.9 Å². The summed E-state index contributed by atoms with van der Waals surface area (Å²) < 4.78 is 37.4. The van der Waals surface area contributed by atoms with Crippen molar-refractivity contribution in [1.29, 1.82) is 0 Å². The van der Waals surface area contributed by atoms with Gasteiger partial charge in [-0.3, -0.25) is 0 Å². The van der Waals surface area contributed by atoms with E-state index in [4.69, 9.17) is 15.2 Å². The first-order valence-corrected chi connectivity index (χ1v) is 8.42. The molecule has 1 aromatic carbocycles. The highest BCUT2D eigenvalue weighted by Crippen LogP contribution is 2.32. The van der Waals surface area contributed by atoms with Gasteiger partial charge in [-0.1, -0.05) is 6.42 Å². The molecular weight excluding hydrogens is 292 g/mol. The van der Waals surface area contributed by atoms with E-state index in [1.807, 2.05) is 0 Å². The summed E-state index contributed by atoms with van der Waals surface area (Å²) in [7, 11) is -0.564. The second-order valence-electron chi connectivity index (χ2n) is 5.02. The average Bonchev–Trinajstić information content (AvgIpc) is 2.53. The van der Waals surface area contributed by atoms with E-state index in [0.29, 0.717) is 24.6 Å². The summed E-state index contributed by atoms with van der Waals surface area (Å²) in [5.41, 5.74) is 5.72. The number of piperidine rings is 1. The van der Waals surface area contributed by atoms with E-state index in [0.717, 1.165) is 19.3 Å². The summed E-state index contributed by atoms with van der Waals surface area (Å²) >= 11 is 0. The van der Waals surface area contributed by atoms with Gasteiger partial charge in [-0.05, 0) is 25.0 Å². The summed E-state index contributed by atoms with van der Waals surface area (Å²) in [6.07, 6.45) is 2.69. The predicted molar refractivity (Wildman–Crippen MR) is 80.1 cm³/mol. The van der Waals surface area contributed by atoms with E-state index in [9.17, 15) is 8.42 Å². The highest BCUT2D eigenvalue weighted by molar-refractivity contribution is 7.89. The van der Waals surface area contributed by atoms with Crippen LogP contribution in [0, 0.1) is 0 Å². The minimum absolute atomic E-state index is 0.128. The van der Waals surface area contributed by atoms with Gasteiger partial charge in [0.05, 0.1) is 19.1 Å². The molecular formula is C14H22N2O4S. The number of hydrogen-bond acceptors (Lipinski definition) is 5. The van der Waals surface area contributed by atoms with Gasteiger partial charge in [0.25, 0.3) is 0 Å². The molecule has 0 bridgehead atoms. The van der Waals surface area contributed by atoms with Gasteiger partial charge in [-0.2, -0.15) is 4.31 Å². The summed E-state index contributed by atoms with van der Waals surface area (Å²) in [5.74, 6) is 0.908. The van der Waals surface area contributed by atoms with Crippen molar-refractivity contribution in [2.24, 2.45) is 5.73 Å². The Labute approximate surface area is 125 Å². The molecule has 7 heteroatoms. The molecule has 0 aromatic heterocycles. The molecule has 118 valence electrons. The lowest BCUT2D eigenvalue weighted by molar-refractivity contribution is 0.257. The fourth-order valence-electron chi connectivity index (χ4n) is 2.64. The summed E-state index contributed by atoms with van der Waals surface area (Å²) in [6.45, 7) is 0.852. The number of nitrogens with zero attached hydrogens (tertiary/aromatic N) is 1. The van der Waals surface area contributed by atoms with Gasteiger partial charge >= 0.3 is 0 Å². The van der Waals surface area contributed by atoms with Crippen LogP contribution in [0.4, 0.5) is 0 Å². The van der Waals surface area contributed by atoms with E-state index in [1.165, 1.54) is 24.6 Å². The molecule has 0 saturated carbocycles. The van der Waals surface area contributed by atoms with Gasteiger partial charge in [0.15, 0.2) is 11.5 Å². The van der Waals surface area contributed by atoms with Crippen LogP contribution in [-0.4, -0.2) is 46.1 Å². The van der Waals surface area contributed by atoms with Crippen LogP contribution < -0.4 is 15.2 Å². The SMILES string of the molecule is COc1ccc(S(=O)(=O)N2CCCC[C@H]2CN)cc1OC. The van der Waals surface area contributed by atoms with Crippen molar-refractivity contribution in [3.8, 4) is 11.5 Å². The Bertz CT molecular complexity index is 589. The fraction of sp³-hybridized carbons (Fsp3) is 0.571. The standard InChI is InChI=1S/C14H22N2O4S/c1-19-13-7-6-12(9-14(13)20-2)21(17,18)16-8-4-3-5-11(16)10-15/h6-7,9,11H,3-5,8,10,15H2,1-2H3/t11-/m0/s1. The van der Waals surface area contributed by atoms with Crippen molar-refractivity contribution in [2.45, 2.75) is 30.2 Å². The monoisotopic (exact) mass is 314 g/mol. The van der Waals surface area contributed by atoms with Crippen LogP contribution in [0.3, 0.4) is 0 Å². The maximum absolute atomic E-state index is 12.8. The molecule has 0 amide bonds. The lowest BCUT2D eigenvalue weighted by atomic mass is 10.1. The summed E-state index contributed by atoms with van der Waals surface area (Å²) in [5, 5.41) is 0. The molecule has 21 heavy (non-hydrogen) atoms. The third kappa shape index (κ3) is 3.14. The Balaban J connectivity index is 2.38. The van der Waals surface area contributed by atoms with Crippen LogP contribution in [0.5, 0.6) is 11.5 Å². The lowest BCUT2D eigenvalue weighted by Crippen LogP contribution is -2.47. The number of benzene rings is 1. The van der Waals surface area contributed by atoms with Gasteiger partial charge < -0.3 is 15.2 Å². The van der Waals surface area contributed by atoms with Crippen molar-refractivity contribution in [3.05, 3.63) is 18.2 Å². The lowest BCUT2D eigenvalue weighted by Gasteiger charge is -2.33. The third-order valence-electron chi connectivity index (χ3n) is 3.81.